The molecule has 0 saturated heterocycles. The Labute approximate surface area is 54.5 Å². The first-order chi connectivity index (χ1) is 4.29. The van der Waals surface area contributed by atoms with Gasteiger partial charge in [0.05, 0.1) is 10.2 Å². The van der Waals surface area contributed by atoms with Crippen LogP contribution in [0.5, 0.6) is 0 Å². The molecule has 0 N–H and O–H groups in total. The van der Waals surface area contributed by atoms with Crippen molar-refractivity contribution in [2.24, 2.45) is 0 Å². The van der Waals surface area contributed by atoms with E-state index >= 15 is 0 Å². The normalized spacial score (nSPS) is 8.89. The van der Waals surface area contributed by atoms with E-state index in [4.69, 9.17) is 0 Å². The molecule has 1 heterocycles. The quantitative estimate of drug-likeness (QED) is 0.464. The number of nitrogens with zero attached hydrogens (tertiary/aromatic N) is 3. The van der Waals surface area contributed by atoms with E-state index in [0.717, 1.165) is 11.3 Å². The molecule has 0 aliphatic carbocycles. The van der Waals surface area contributed by atoms with Crippen molar-refractivity contribution in [2.75, 3.05) is 0 Å². The van der Waals surface area contributed by atoms with E-state index in [1.54, 1.807) is 5.38 Å². The van der Waals surface area contributed by atoms with Crippen molar-refractivity contribution in [3.63, 3.8) is 0 Å². The van der Waals surface area contributed by atoms with Crippen LogP contribution in [0, 0.1) is 10.1 Å². The number of thiazole rings is 1. The Morgan fingerprint density at radius 1 is 1.89 bits per heavy atom. The summed E-state index contributed by atoms with van der Waals surface area (Å²) in [5.74, 6) is 0. The zero-order valence-corrected chi connectivity index (χ0v) is 5.04. The van der Waals surface area contributed by atoms with Crippen LogP contribution in [-0.2, 0) is 0 Å². The minimum atomic E-state index is -0.765. The standard InChI is InChI=1S/C3H2N3O2S/c7-6(8)5-3-4-1-2-9-3/h1-2H/q-1. The summed E-state index contributed by atoms with van der Waals surface area (Å²) in [7, 11) is 0. The Bertz CT molecular complexity index is 197. The Morgan fingerprint density at radius 3 is 3.11 bits per heavy atom. The molecule has 48 valence electrons. The largest absolute Gasteiger partial charge is 0.429 e. The summed E-state index contributed by atoms with van der Waals surface area (Å²) in [6, 6.07) is 0. The molecule has 0 fully saturated rings. The maximum atomic E-state index is 9.67. The van der Waals surface area contributed by atoms with Gasteiger partial charge in [0.15, 0.2) is 0 Å². The predicted octanol–water partition coefficient (Wildman–Crippen LogP) is 1.34. The molecule has 0 aromatic carbocycles. The Kier molecular flexibility index (Phi) is 1.59. The number of hydrogen-bond acceptors (Lipinski definition) is 4. The van der Waals surface area contributed by atoms with Gasteiger partial charge in [0, 0.05) is 0 Å². The van der Waals surface area contributed by atoms with Crippen molar-refractivity contribution in [2.45, 2.75) is 0 Å². The van der Waals surface area contributed by atoms with Gasteiger partial charge in [-0.05, 0) is 5.38 Å². The molecule has 0 unspecified atom stereocenters. The molecule has 9 heavy (non-hydrogen) atoms. The van der Waals surface area contributed by atoms with E-state index in [9.17, 15) is 10.1 Å². The Morgan fingerprint density at radius 2 is 2.67 bits per heavy atom. The zero-order chi connectivity index (χ0) is 6.69. The summed E-state index contributed by atoms with van der Waals surface area (Å²) >= 11 is 1.13. The second kappa shape index (κ2) is 2.40. The molecule has 0 spiro atoms. The maximum absolute atomic E-state index is 9.67. The van der Waals surface area contributed by atoms with Gasteiger partial charge in [-0.1, -0.05) is 6.20 Å². The van der Waals surface area contributed by atoms with Crippen LogP contribution in [0.2, 0.25) is 0 Å². The summed E-state index contributed by atoms with van der Waals surface area (Å²) in [6.07, 6.45) is 1.47. The van der Waals surface area contributed by atoms with Crippen LogP contribution in [0.15, 0.2) is 11.6 Å². The van der Waals surface area contributed by atoms with Crippen LogP contribution >= 0.6 is 11.3 Å². The van der Waals surface area contributed by atoms with Gasteiger partial charge in [-0.3, -0.25) is 10.1 Å². The van der Waals surface area contributed by atoms with Crippen LogP contribution in [-0.4, -0.2) is 10.0 Å². The van der Waals surface area contributed by atoms with Gasteiger partial charge in [-0.15, -0.1) is 16.8 Å². The molecule has 0 aliphatic rings. The van der Waals surface area contributed by atoms with E-state index < -0.39 is 5.03 Å². The van der Waals surface area contributed by atoms with Gasteiger partial charge in [0.1, 0.15) is 0 Å². The van der Waals surface area contributed by atoms with Crippen molar-refractivity contribution in [3.05, 3.63) is 27.1 Å². The molecule has 0 aliphatic heterocycles. The minimum absolute atomic E-state index is 0.181. The lowest BCUT2D eigenvalue weighted by molar-refractivity contribution is -0.418. The summed E-state index contributed by atoms with van der Waals surface area (Å²) in [6.45, 7) is 0. The highest BCUT2D eigenvalue weighted by molar-refractivity contribution is 7.13. The van der Waals surface area contributed by atoms with Gasteiger partial charge >= 0.3 is 0 Å². The number of aromatic nitrogens is 1. The molecule has 5 nitrogen and oxygen atoms in total. The predicted molar refractivity (Wildman–Crippen MR) is 32.1 cm³/mol. The Balaban J connectivity index is 2.58. The minimum Gasteiger partial charge on any atom is -0.429 e. The van der Waals surface area contributed by atoms with Crippen LogP contribution in [0.25, 0.3) is 5.43 Å². The fraction of sp³-hybridized carbons (Fsp3) is 0. The molecule has 0 radical (unpaired) electrons. The fourth-order valence-electron chi connectivity index (χ4n) is 0.335. The lowest BCUT2D eigenvalue weighted by atomic mass is 11.0. The third-order valence-corrected chi connectivity index (χ3v) is 1.24. The van der Waals surface area contributed by atoms with Crippen LogP contribution in [0.1, 0.15) is 0 Å². The monoisotopic (exact) mass is 144 g/mol. The number of hydrogen-bond donors (Lipinski definition) is 0. The number of nitro groups is 1. The first-order valence-corrected chi connectivity index (χ1v) is 2.92. The van der Waals surface area contributed by atoms with Gasteiger partial charge < -0.3 is 4.98 Å². The summed E-state index contributed by atoms with van der Waals surface area (Å²) in [5, 5.41) is 10.7. The van der Waals surface area contributed by atoms with E-state index in [0.29, 0.717) is 0 Å². The fourth-order valence-corrected chi connectivity index (χ4v) is 0.814. The SMILES string of the molecule is O=[N+]([O-])[N-]c1nccs1. The van der Waals surface area contributed by atoms with Crippen LogP contribution < -0.4 is 0 Å². The number of rotatable bonds is 2. The first-order valence-electron chi connectivity index (χ1n) is 2.04. The topological polar surface area (TPSA) is 70.1 Å². The molecule has 0 bridgehead atoms. The summed E-state index contributed by atoms with van der Waals surface area (Å²) in [4.78, 5) is 13.2. The van der Waals surface area contributed by atoms with E-state index in [2.05, 4.69) is 10.4 Å². The summed E-state index contributed by atoms with van der Waals surface area (Å²) in [5.41, 5.74) is 2.95. The molecular weight excluding hydrogens is 142 g/mol. The van der Waals surface area contributed by atoms with Crippen molar-refractivity contribution in [1.29, 1.82) is 0 Å². The highest BCUT2D eigenvalue weighted by atomic mass is 32.1. The van der Waals surface area contributed by atoms with Crippen LogP contribution in [0.3, 0.4) is 0 Å². The molecule has 0 amide bonds. The average Bonchev–Trinajstić information content (AvgIpc) is 2.15. The van der Waals surface area contributed by atoms with Gasteiger partial charge in [-0.25, -0.2) is 0 Å². The van der Waals surface area contributed by atoms with Gasteiger partial charge in [0.25, 0.3) is 0 Å². The molecular formula is C3H2N3O2S-. The summed E-state index contributed by atoms with van der Waals surface area (Å²) < 4.78 is 0. The molecule has 0 saturated carbocycles. The van der Waals surface area contributed by atoms with E-state index in [1.807, 2.05) is 0 Å². The van der Waals surface area contributed by atoms with E-state index in [1.165, 1.54) is 6.20 Å². The van der Waals surface area contributed by atoms with Gasteiger partial charge in [0.2, 0.25) is 0 Å². The van der Waals surface area contributed by atoms with Crippen molar-refractivity contribution < 1.29 is 5.03 Å². The van der Waals surface area contributed by atoms with Crippen molar-refractivity contribution in [1.82, 2.24) is 4.98 Å². The van der Waals surface area contributed by atoms with Crippen LogP contribution in [0.4, 0.5) is 5.13 Å². The third kappa shape index (κ3) is 1.65. The van der Waals surface area contributed by atoms with Gasteiger partial charge in [-0.2, -0.15) is 0 Å². The maximum Gasteiger partial charge on any atom is 0.0906 e. The van der Waals surface area contributed by atoms with Crippen molar-refractivity contribution in [3.8, 4) is 0 Å². The van der Waals surface area contributed by atoms with E-state index in [-0.39, 0.29) is 5.13 Å². The molecule has 1 aromatic heterocycles. The Hall–Kier alpha value is -1.17. The lowest BCUT2D eigenvalue weighted by Crippen LogP contribution is -1.84. The average molecular weight is 144 g/mol. The second-order valence-electron chi connectivity index (χ2n) is 1.15. The first kappa shape index (κ1) is 5.96. The van der Waals surface area contributed by atoms with Crippen molar-refractivity contribution >= 4 is 16.5 Å². The zero-order valence-electron chi connectivity index (χ0n) is 4.22. The molecule has 0 atom stereocenters. The lowest BCUT2D eigenvalue weighted by Gasteiger charge is -1.94. The smallest absolute Gasteiger partial charge is 0.0906 e. The molecule has 6 heteroatoms. The molecule has 1 aromatic rings. The molecule has 1 rings (SSSR count). The highest BCUT2D eigenvalue weighted by Crippen LogP contribution is 2.19. The highest BCUT2D eigenvalue weighted by Gasteiger charge is 1.87. The third-order valence-electron chi connectivity index (χ3n) is 0.586. The second-order valence-corrected chi connectivity index (χ2v) is 2.03.